The van der Waals surface area contributed by atoms with Crippen molar-refractivity contribution >= 4 is 23.5 Å². The third kappa shape index (κ3) is 6.29. The van der Waals surface area contributed by atoms with Gasteiger partial charge in [0.2, 0.25) is 0 Å². The van der Waals surface area contributed by atoms with Gasteiger partial charge in [-0.3, -0.25) is 19.2 Å². The molecule has 0 aromatic rings. The minimum absolute atomic E-state index is 0.00648. The van der Waals surface area contributed by atoms with Gasteiger partial charge in [-0.05, 0) is 86.4 Å². The molecule has 0 aromatic heterocycles. The second-order valence-corrected chi connectivity index (χ2v) is 17.9. The van der Waals surface area contributed by atoms with Gasteiger partial charge in [-0.25, -0.2) is 0 Å². The monoisotopic (exact) mass is 613 g/mol. The Bertz CT molecular complexity index is 1100. The maximum Gasteiger partial charge on any atom is 0.327 e. The van der Waals surface area contributed by atoms with Gasteiger partial charge >= 0.3 is 11.9 Å². The van der Waals surface area contributed by atoms with Crippen molar-refractivity contribution in [3.05, 3.63) is 0 Å². The highest BCUT2D eigenvalue weighted by molar-refractivity contribution is 5.92. The quantitative estimate of drug-likeness (QED) is 0.190. The molecule has 6 fully saturated rings. The van der Waals surface area contributed by atoms with Crippen molar-refractivity contribution in [2.24, 2.45) is 51.2 Å². The second-order valence-electron chi connectivity index (χ2n) is 17.9. The normalized spacial score (nSPS) is 35.9. The van der Waals surface area contributed by atoms with E-state index in [0.29, 0.717) is 19.3 Å². The second kappa shape index (κ2) is 12.1. The lowest BCUT2D eigenvalue weighted by Crippen LogP contribution is -2.75. The molecule has 6 aliphatic rings. The largest absolute Gasteiger partial charge is 0.462 e. The number of ether oxygens (including phenoxy) is 2. The van der Waals surface area contributed by atoms with Crippen LogP contribution in [-0.4, -0.2) is 48.8 Å². The van der Waals surface area contributed by atoms with Crippen LogP contribution in [0.25, 0.3) is 0 Å². The van der Waals surface area contributed by atoms with Crippen LogP contribution >= 0.6 is 0 Å². The molecule has 0 radical (unpaired) electrons. The van der Waals surface area contributed by atoms with Gasteiger partial charge < -0.3 is 14.8 Å². The number of carbonyl (C=O) groups excluding carboxylic acids is 4. The molecule has 1 heterocycles. The zero-order valence-electron chi connectivity index (χ0n) is 28.6. The first-order valence-corrected chi connectivity index (χ1v) is 17.6. The van der Waals surface area contributed by atoms with E-state index in [1.807, 2.05) is 0 Å². The number of hydrogen-bond donors (Lipinski definition) is 1. The van der Waals surface area contributed by atoms with E-state index in [0.717, 1.165) is 37.1 Å². The van der Waals surface area contributed by atoms with Gasteiger partial charge in [-0.1, -0.05) is 61.3 Å². The van der Waals surface area contributed by atoms with E-state index in [1.54, 1.807) is 0 Å². The standard InChI is InChI=1S/C37H59NO6/c1-33(2,3)22-37(34(4,5)23-38-37)32(42)44-15-14-43-31(41)28-11-9-8-10-27(28)29(39)12-13-30(40)35(6,7)36-19-24-16-25(20-36)18-26(17-24)21-36/h24-28,38H,8-23H2,1-7H3. The number of rotatable bonds is 12. The first-order valence-electron chi connectivity index (χ1n) is 17.6. The summed E-state index contributed by atoms with van der Waals surface area (Å²) in [6.45, 7) is 15.5. The Morgan fingerprint density at radius 3 is 1.82 bits per heavy atom. The molecule has 7 nitrogen and oxygen atoms in total. The minimum Gasteiger partial charge on any atom is -0.462 e. The Hall–Kier alpha value is -1.76. The summed E-state index contributed by atoms with van der Waals surface area (Å²) in [6, 6.07) is 0. The molecule has 7 heteroatoms. The van der Waals surface area contributed by atoms with Crippen molar-refractivity contribution in [3.63, 3.8) is 0 Å². The van der Waals surface area contributed by atoms with Gasteiger partial charge in [-0.15, -0.1) is 0 Å². The number of Topliss-reactive ketones (excluding diaryl/α,β-unsaturated/α-hetero) is 2. The summed E-state index contributed by atoms with van der Waals surface area (Å²) in [5, 5.41) is 3.34. The SMILES string of the molecule is CC(C)(C)CC1(C(=O)OCCOC(=O)C2CCCCC2C(=O)CCC(=O)C(C)(C)C23CC4CC(CC(C4)C2)C3)NCC1(C)C. The summed E-state index contributed by atoms with van der Waals surface area (Å²) in [5.74, 6) is 1.00. The molecule has 6 rings (SSSR count). The number of esters is 2. The van der Waals surface area contributed by atoms with E-state index in [9.17, 15) is 19.2 Å². The van der Waals surface area contributed by atoms with E-state index in [1.165, 1.54) is 38.5 Å². The van der Waals surface area contributed by atoms with E-state index < -0.39 is 22.8 Å². The highest BCUT2D eigenvalue weighted by Crippen LogP contribution is 2.66. The Morgan fingerprint density at radius 1 is 0.773 bits per heavy atom. The molecule has 0 aromatic carbocycles. The molecule has 1 aliphatic heterocycles. The lowest BCUT2D eigenvalue weighted by Gasteiger charge is -2.62. The smallest absolute Gasteiger partial charge is 0.327 e. The fourth-order valence-corrected chi connectivity index (χ4v) is 10.4. The first kappa shape index (κ1) is 33.6. The van der Waals surface area contributed by atoms with Gasteiger partial charge in [0.1, 0.15) is 30.3 Å². The average molecular weight is 614 g/mol. The molecular weight excluding hydrogens is 554 g/mol. The van der Waals surface area contributed by atoms with Crippen molar-refractivity contribution in [1.29, 1.82) is 0 Å². The van der Waals surface area contributed by atoms with Crippen LogP contribution in [0.2, 0.25) is 0 Å². The first-order chi connectivity index (χ1) is 20.5. The summed E-state index contributed by atoms with van der Waals surface area (Å²) in [4.78, 5) is 53.6. The Kier molecular flexibility index (Phi) is 9.25. The highest BCUT2D eigenvalue weighted by atomic mass is 16.6. The van der Waals surface area contributed by atoms with Gasteiger partial charge in [0.25, 0.3) is 0 Å². The summed E-state index contributed by atoms with van der Waals surface area (Å²) in [5.41, 5.74) is -1.36. The zero-order valence-corrected chi connectivity index (χ0v) is 28.6. The van der Waals surface area contributed by atoms with Crippen LogP contribution in [-0.2, 0) is 28.7 Å². The van der Waals surface area contributed by atoms with Crippen LogP contribution in [0.3, 0.4) is 0 Å². The van der Waals surface area contributed by atoms with Crippen molar-refractivity contribution in [2.45, 2.75) is 137 Å². The summed E-state index contributed by atoms with van der Waals surface area (Å²) < 4.78 is 11.2. The van der Waals surface area contributed by atoms with E-state index in [4.69, 9.17) is 9.47 Å². The van der Waals surface area contributed by atoms with E-state index in [-0.39, 0.29) is 65.8 Å². The molecule has 4 bridgehead atoms. The van der Waals surface area contributed by atoms with E-state index >= 15 is 0 Å². The summed E-state index contributed by atoms with van der Waals surface area (Å²) in [7, 11) is 0. The van der Waals surface area contributed by atoms with Crippen LogP contribution in [0, 0.1) is 51.2 Å². The number of hydrogen-bond acceptors (Lipinski definition) is 7. The lowest BCUT2D eigenvalue weighted by molar-refractivity contribution is -0.173. The molecule has 1 saturated heterocycles. The molecule has 5 saturated carbocycles. The van der Waals surface area contributed by atoms with Crippen LogP contribution in [0.4, 0.5) is 0 Å². The molecule has 5 aliphatic carbocycles. The number of nitrogens with one attached hydrogen (secondary N) is 1. The Labute approximate surface area is 265 Å². The molecule has 248 valence electrons. The fourth-order valence-electron chi connectivity index (χ4n) is 10.4. The maximum atomic E-state index is 13.7. The maximum absolute atomic E-state index is 13.7. The van der Waals surface area contributed by atoms with Crippen LogP contribution < -0.4 is 5.32 Å². The number of carbonyl (C=O) groups is 4. The molecule has 0 amide bonds. The summed E-state index contributed by atoms with van der Waals surface area (Å²) in [6.07, 6.45) is 11.7. The molecule has 3 atom stereocenters. The van der Waals surface area contributed by atoms with Gasteiger partial charge in [-0.2, -0.15) is 0 Å². The Balaban J connectivity index is 1.11. The van der Waals surface area contributed by atoms with Crippen LogP contribution in [0.15, 0.2) is 0 Å². The molecule has 44 heavy (non-hydrogen) atoms. The lowest BCUT2D eigenvalue weighted by atomic mass is 9.42. The van der Waals surface area contributed by atoms with E-state index in [2.05, 4.69) is 53.8 Å². The third-order valence-electron chi connectivity index (χ3n) is 12.8. The Morgan fingerprint density at radius 2 is 1.32 bits per heavy atom. The van der Waals surface area contributed by atoms with Crippen LogP contribution in [0.1, 0.15) is 132 Å². The fraction of sp³-hybridized carbons (Fsp3) is 0.892. The third-order valence-corrected chi connectivity index (χ3v) is 12.8. The molecular formula is C37H59NO6. The summed E-state index contributed by atoms with van der Waals surface area (Å²) >= 11 is 0. The molecule has 3 unspecified atom stereocenters. The van der Waals surface area contributed by atoms with Gasteiger partial charge in [0, 0.05) is 36.1 Å². The number of ketones is 2. The molecule has 0 spiro atoms. The zero-order chi connectivity index (χ0) is 32.1. The predicted octanol–water partition coefficient (Wildman–Crippen LogP) is 6.84. The predicted molar refractivity (Wildman–Crippen MR) is 170 cm³/mol. The van der Waals surface area contributed by atoms with Crippen molar-refractivity contribution in [1.82, 2.24) is 5.32 Å². The van der Waals surface area contributed by atoms with Gasteiger partial charge in [0.05, 0.1) is 5.92 Å². The van der Waals surface area contributed by atoms with Crippen LogP contribution in [0.5, 0.6) is 0 Å². The average Bonchev–Trinajstić information content (AvgIpc) is 2.94. The van der Waals surface area contributed by atoms with Crippen molar-refractivity contribution in [2.75, 3.05) is 19.8 Å². The topological polar surface area (TPSA) is 98.8 Å². The van der Waals surface area contributed by atoms with Gasteiger partial charge in [0.15, 0.2) is 0 Å². The molecule has 1 N–H and O–H groups in total. The highest BCUT2D eigenvalue weighted by Gasteiger charge is 2.61. The minimum atomic E-state index is -0.752. The van der Waals surface area contributed by atoms with Crippen molar-refractivity contribution < 1.29 is 28.7 Å². The van der Waals surface area contributed by atoms with Crippen molar-refractivity contribution in [3.8, 4) is 0 Å².